The molecule has 2 aromatic rings. The van der Waals surface area contributed by atoms with E-state index in [1.165, 1.54) is 11.1 Å². The summed E-state index contributed by atoms with van der Waals surface area (Å²) in [5.41, 5.74) is 2.84. The zero-order valence-electron chi connectivity index (χ0n) is 13.3. The highest BCUT2D eigenvalue weighted by molar-refractivity contribution is 5.49. The lowest BCUT2D eigenvalue weighted by Crippen LogP contribution is -1.96. The molecule has 0 saturated heterocycles. The molecule has 0 aliphatic carbocycles. The molecular weight excluding hydrogens is 297 g/mol. The van der Waals surface area contributed by atoms with Crippen molar-refractivity contribution in [2.75, 3.05) is 0 Å². The van der Waals surface area contributed by atoms with Crippen molar-refractivity contribution in [3.63, 3.8) is 0 Å². The van der Waals surface area contributed by atoms with Gasteiger partial charge in [-0.3, -0.25) is 0 Å². The van der Waals surface area contributed by atoms with Crippen LogP contribution in [0.25, 0.3) is 6.08 Å². The molecule has 0 aliphatic rings. The van der Waals surface area contributed by atoms with Gasteiger partial charge in [0.2, 0.25) is 0 Å². The minimum Gasteiger partial charge on any atom is -0.204 e. The minimum absolute atomic E-state index is 0.487. The summed E-state index contributed by atoms with van der Waals surface area (Å²) in [6.07, 6.45) is 8.58. The van der Waals surface area contributed by atoms with Crippen molar-refractivity contribution in [2.45, 2.75) is 39.0 Å². The van der Waals surface area contributed by atoms with E-state index in [1.807, 2.05) is 0 Å². The van der Waals surface area contributed by atoms with Gasteiger partial charge in [0.1, 0.15) is 0 Å². The highest BCUT2D eigenvalue weighted by Gasteiger charge is 2.10. The summed E-state index contributed by atoms with van der Waals surface area (Å²) < 4.78 is 39.2. The molecule has 0 aliphatic heterocycles. The smallest absolute Gasteiger partial charge is 0.194 e. The molecule has 0 nitrogen and oxygen atoms in total. The lowest BCUT2D eigenvalue weighted by Gasteiger charge is -2.05. The minimum atomic E-state index is -1.40. The Balaban J connectivity index is 1.87. The number of halogens is 3. The van der Waals surface area contributed by atoms with E-state index in [1.54, 1.807) is 0 Å². The fourth-order valence-corrected chi connectivity index (χ4v) is 2.43. The molecule has 0 aromatic heterocycles. The first kappa shape index (κ1) is 17.3. The van der Waals surface area contributed by atoms with Crippen molar-refractivity contribution >= 4 is 6.08 Å². The second-order valence-electron chi connectivity index (χ2n) is 5.66. The number of allylic oxidation sites excluding steroid dienone is 1. The molecule has 0 radical (unpaired) electrons. The Bertz CT molecular complexity index is 634. The Hall–Kier alpha value is -2.03. The van der Waals surface area contributed by atoms with E-state index in [2.05, 4.69) is 43.3 Å². The Morgan fingerprint density at radius 2 is 1.48 bits per heavy atom. The van der Waals surface area contributed by atoms with Gasteiger partial charge in [0.25, 0.3) is 0 Å². The van der Waals surface area contributed by atoms with Gasteiger partial charge in [-0.2, -0.15) is 0 Å². The highest BCUT2D eigenvalue weighted by Crippen LogP contribution is 2.16. The van der Waals surface area contributed by atoms with Crippen LogP contribution in [0.5, 0.6) is 0 Å². The zero-order chi connectivity index (χ0) is 16.7. The van der Waals surface area contributed by atoms with Crippen LogP contribution in [0.4, 0.5) is 13.2 Å². The molecule has 0 saturated carbocycles. The third kappa shape index (κ3) is 5.27. The quantitative estimate of drug-likeness (QED) is 0.542. The molecule has 0 unspecified atom stereocenters. The Morgan fingerprint density at radius 3 is 2.09 bits per heavy atom. The van der Waals surface area contributed by atoms with Gasteiger partial charge in [-0.15, -0.1) is 0 Å². The summed E-state index contributed by atoms with van der Waals surface area (Å²) in [6.45, 7) is 2.15. The molecule has 0 fully saturated rings. The lowest BCUT2D eigenvalue weighted by atomic mass is 10.0. The summed E-state index contributed by atoms with van der Waals surface area (Å²) in [5, 5.41) is 0. The summed E-state index contributed by atoms with van der Waals surface area (Å²) in [5.74, 6) is -3.65. The van der Waals surface area contributed by atoms with Crippen LogP contribution < -0.4 is 0 Å². The third-order valence-corrected chi connectivity index (χ3v) is 3.72. The zero-order valence-corrected chi connectivity index (χ0v) is 13.3. The Morgan fingerprint density at radius 1 is 0.870 bits per heavy atom. The van der Waals surface area contributed by atoms with Crippen molar-refractivity contribution in [1.82, 2.24) is 0 Å². The van der Waals surface area contributed by atoms with Crippen molar-refractivity contribution < 1.29 is 13.2 Å². The topological polar surface area (TPSA) is 0 Å². The fourth-order valence-electron chi connectivity index (χ4n) is 2.43. The molecule has 0 spiro atoms. The molecule has 0 heterocycles. The van der Waals surface area contributed by atoms with Gasteiger partial charge >= 0.3 is 0 Å². The average Bonchev–Trinajstić information content (AvgIpc) is 2.54. The molecule has 0 N–H and O–H groups in total. The molecule has 0 amide bonds. The van der Waals surface area contributed by atoms with E-state index in [4.69, 9.17) is 0 Å². The van der Waals surface area contributed by atoms with Crippen molar-refractivity contribution in [3.8, 4) is 0 Å². The first-order valence-electron chi connectivity index (χ1n) is 7.99. The van der Waals surface area contributed by atoms with Crippen LogP contribution >= 0.6 is 0 Å². The second-order valence-corrected chi connectivity index (χ2v) is 5.66. The van der Waals surface area contributed by atoms with Crippen LogP contribution in [0.1, 0.15) is 42.9 Å². The van der Waals surface area contributed by atoms with E-state index in [9.17, 15) is 13.2 Å². The van der Waals surface area contributed by atoms with E-state index >= 15 is 0 Å². The first-order valence-corrected chi connectivity index (χ1v) is 7.99. The van der Waals surface area contributed by atoms with E-state index in [-0.39, 0.29) is 0 Å². The summed E-state index contributed by atoms with van der Waals surface area (Å²) in [7, 11) is 0. The van der Waals surface area contributed by atoms with Crippen LogP contribution in [0.2, 0.25) is 0 Å². The maximum Gasteiger partial charge on any atom is 0.194 e. The van der Waals surface area contributed by atoms with E-state index in [0.717, 1.165) is 37.8 Å². The molecule has 0 bridgehead atoms. The fraction of sp³-hybridized carbons (Fsp3) is 0.300. The molecular formula is C20H21F3. The van der Waals surface area contributed by atoms with Crippen molar-refractivity contribution in [3.05, 3.63) is 76.6 Å². The van der Waals surface area contributed by atoms with E-state index < -0.39 is 17.5 Å². The number of rotatable bonds is 7. The van der Waals surface area contributed by atoms with Crippen LogP contribution in [0.15, 0.2) is 42.5 Å². The molecule has 23 heavy (non-hydrogen) atoms. The Kier molecular flexibility index (Phi) is 6.45. The average molecular weight is 318 g/mol. The van der Waals surface area contributed by atoms with Gasteiger partial charge < -0.3 is 0 Å². The molecule has 2 aromatic carbocycles. The van der Waals surface area contributed by atoms with E-state index in [0.29, 0.717) is 12.0 Å². The lowest BCUT2D eigenvalue weighted by molar-refractivity contribution is 0.445. The SMILES string of the molecule is CCCC=Cc1ccc(CCCc2cc(F)c(F)c(F)c2)cc1. The number of hydrogen-bond acceptors (Lipinski definition) is 0. The van der Waals surface area contributed by atoms with Crippen molar-refractivity contribution in [1.29, 1.82) is 0 Å². The van der Waals surface area contributed by atoms with Gasteiger partial charge in [-0.25, -0.2) is 13.2 Å². The van der Waals surface area contributed by atoms with Crippen LogP contribution in [0, 0.1) is 17.5 Å². The normalized spacial score (nSPS) is 11.3. The van der Waals surface area contributed by atoms with Crippen LogP contribution in [0.3, 0.4) is 0 Å². The predicted molar refractivity (Wildman–Crippen MR) is 88.7 cm³/mol. The Labute approximate surface area is 135 Å². The standard InChI is InChI=1S/C20H21F3/c1-2-3-4-6-15-9-11-16(12-10-15)7-5-8-17-13-18(21)20(23)19(22)14-17/h4,6,9-14H,2-3,5,7-8H2,1H3. The molecule has 3 heteroatoms. The van der Waals surface area contributed by atoms with Gasteiger partial charge in [-0.1, -0.05) is 49.8 Å². The second kappa shape index (κ2) is 8.56. The van der Waals surface area contributed by atoms with Crippen LogP contribution in [-0.2, 0) is 12.8 Å². The maximum atomic E-state index is 13.1. The number of benzene rings is 2. The van der Waals surface area contributed by atoms with Gasteiger partial charge in [-0.05, 0) is 54.5 Å². The number of unbranched alkanes of at least 4 members (excludes halogenated alkanes) is 1. The summed E-state index contributed by atoms with van der Waals surface area (Å²) >= 11 is 0. The summed E-state index contributed by atoms with van der Waals surface area (Å²) in [6, 6.07) is 10.4. The van der Waals surface area contributed by atoms with Gasteiger partial charge in [0.05, 0.1) is 0 Å². The van der Waals surface area contributed by atoms with Gasteiger partial charge in [0.15, 0.2) is 17.5 Å². The maximum absolute atomic E-state index is 13.1. The largest absolute Gasteiger partial charge is 0.204 e. The monoisotopic (exact) mass is 318 g/mol. The predicted octanol–water partition coefficient (Wildman–Crippen LogP) is 6.09. The summed E-state index contributed by atoms with van der Waals surface area (Å²) in [4.78, 5) is 0. The molecule has 0 atom stereocenters. The first-order chi connectivity index (χ1) is 11.1. The number of hydrogen-bond donors (Lipinski definition) is 0. The third-order valence-electron chi connectivity index (χ3n) is 3.72. The highest BCUT2D eigenvalue weighted by atomic mass is 19.2. The van der Waals surface area contributed by atoms with Crippen molar-refractivity contribution in [2.24, 2.45) is 0 Å². The molecule has 2 rings (SSSR count). The van der Waals surface area contributed by atoms with Crippen LogP contribution in [-0.4, -0.2) is 0 Å². The molecule has 122 valence electrons. The van der Waals surface area contributed by atoms with Gasteiger partial charge in [0, 0.05) is 0 Å². The number of aryl methyl sites for hydroxylation is 2.